The van der Waals surface area contributed by atoms with Gasteiger partial charge in [0.05, 0.1) is 11.8 Å². The molecule has 1 spiro atoms. The molecular weight excluding hydrogens is 318 g/mol. The van der Waals surface area contributed by atoms with E-state index in [1.54, 1.807) is 0 Å². The number of hydrogen-bond acceptors (Lipinski definition) is 4. The SMILES string of the molecule is Cn1cc(CN2CC[C@]3(C[C@@H](NC(=O)N4CCCC4)CCO3)C2)cn1. The third-order valence-corrected chi connectivity index (χ3v) is 5.77. The predicted octanol–water partition coefficient (Wildman–Crippen LogP) is 1.35. The number of rotatable bonds is 3. The van der Waals surface area contributed by atoms with Crippen LogP contribution in [0.1, 0.15) is 37.7 Å². The molecule has 0 saturated carbocycles. The Hall–Kier alpha value is -1.60. The smallest absolute Gasteiger partial charge is 0.317 e. The molecule has 3 aliphatic rings. The predicted molar refractivity (Wildman–Crippen MR) is 94.1 cm³/mol. The van der Waals surface area contributed by atoms with E-state index in [1.165, 1.54) is 5.56 Å². The first-order chi connectivity index (χ1) is 12.1. The van der Waals surface area contributed by atoms with Gasteiger partial charge in [-0.05, 0) is 32.1 Å². The number of aryl methyl sites for hydroxylation is 1. The summed E-state index contributed by atoms with van der Waals surface area (Å²) in [7, 11) is 1.95. The second-order valence-corrected chi connectivity index (χ2v) is 7.85. The Bertz CT molecular complexity index is 612. The zero-order valence-corrected chi connectivity index (χ0v) is 15.1. The molecular formula is C18H29N5O2. The van der Waals surface area contributed by atoms with E-state index in [0.717, 1.165) is 71.4 Å². The van der Waals surface area contributed by atoms with Crippen LogP contribution in [0.25, 0.3) is 0 Å². The summed E-state index contributed by atoms with van der Waals surface area (Å²) in [6.07, 6.45) is 9.17. The molecule has 3 aliphatic heterocycles. The van der Waals surface area contributed by atoms with Crippen molar-refractivity contribution in [2.24, 2.45) is 7.05 Å². The second kappa shape index (κ2) is 6.96. The standard InChI is InChI=1S/C18H29N5O2/c1-21-12-15(11-19-21)13-22-8-5-18(14-22)10-16(4-9-25-18)20-17(24)23-6-2-3-7-23/h11-12,16H,2-10,13-14H2,1H3,(H,20,24)/t16-,18-/m0/s1. The Morgan fingerprint density at radius 3 is 3.00 bits per heavy atom. The molecule has 0 unspecified atom stereocenters. The molecule has 2 atom stereocenters. The Morgan fingerprint density at radius 1 is 1.40 bits per heavy atom. The fourth-order valence-corrected chi connectivity index (χ4v) is 4.50. The highest BCUT2D eigenvalue weighted by Crippen LogP contribution is 2.35. The lowest BCUT2D eigenvalue weighted by Gasteiger charge is -2.39. The molecule has 1 aromatic heterocycles. The highest BCUT2D eigenvalue weighted by atomic mass is 16.5. The summed E-state index contributed by atoms with van der Waals surface area (Å²) >= 11 is 0. The number of carbonyl (C=O) groups excluding carboxylic acids is 1. The minimum atomic E-state index is -0.0938. The Labute approximate surface area is 149 Å². The summed E-state index contributed by atoms with van der Waals surface area (Å²) < 4.78 is 8.06. The van der Waals surface area contributed by atoms with Crippen molar-refractivity contribution in [1.29, 1.82) is 0 Å². The van der Waals surface area contributed by atoms with Crippen LogP contribution >= 0.6 is 0 Å². The van der Waals surface area contributed by atoms with Gasteiger partial charge in [-0.2, -0.15) is 5.10 Å². The van der Waals surface area contributed by atoms with E-state index in [4.69, 9.17) is 4.74 Å². The van der Waals surface area contributed by atoms with Crippen LogP contribution in [0.3, 0.4) is 0 Å². The molecule has 7 nitrogen and oxygen atoms in total. The number of urea groups is 1. The van der Waals surface area contributed by atoms with Gasteiger partial charge < -0.3 is 15.0 Å². The number of aromatic nitrogens is 2. The Morgan fingerprint density at radius 2 is 2.24 bits per heavy atom. The molecule has 3 saturated heterocycles. The number of nitrogens with zero attached hydrogens (tertiary/aromatic N) is 4. The second-order valence-electron chi connectivity index (χ2n) is 7.85. The third-order valence-electron chi connectivity index (χ3n) is 5.77. The summed E-state index contributed by atoms with van der Waals surface area (Å²) in [5.74, 6) is 0. The van der Waals surface area contributed by atoms with E-state index >= 15 is 0 Å². The zero-order valence-electron chi connectivity index (χ0n) is 15.1. The average molecular weight is 347 g/mol. The van der Waals surface area contributed by atoms with E-state index in [0.29, 0.717) is 0 Å². The first-order valence-electron chi connectivity index (χ1n) is 9.51. The molecule has 3 fully saturated rings. The summed E-state index contributed by atoms with van der Waals surface area (Å²) in [6, 6.07) is 0.352. The zero-order chi connectivity index (χ0) is 17.3. The third kappa shape index (κ3) is 3.82. The average Bonchev–Trinajstić information content (AvgIpc) is 3.31. The minimum Gasteiger partial charge on any atom is -0.373 e. The maximum absolute atomic E-state index is 12.4. The summed E-state index contributed by atoms with van der Waals surface area (Å²) in [6.45, 7) is 5.45. The van der Waals surface area contributed by atoms with Crippen LogP contribution < -0.4 is 5.32 Å². The van der Waals surface area contributed by atoms with Crippen molar-refractivity contribution in [3.05, 3.63) is 18.0 Å². The first-order valence-corrected chi connectivity index (χ1v) is 9.51. The lowest BCUT2D eigenvalue weighted by Crippen LogP contribution is -2.52. The number of amides is 2. The molecule has 0 radical (unpaired) electrons. The first kappa shape index (κ1) is 16.8. The van der Waals surface area contributed by atoms with E-state index in [1.807, 2.05) is 22.8 Å². The maximum atomic E-state index is 12.4. The Kier molecular flexibility index (Phi) is 4.69. The number of ether oxygens (including phenoxy) is 1. The van der Waals surface area contributed by atoms with E-state index in [2.05, 4.69) is 21.5 Å². The normalized spacial score (nSPS) is 30.3. The van der Waals surface area contributed by atoms with Crippen LogP contribution in [-0.4, -0.2) is 70.0 Å². The number of nitrogens with one attached hydrogen (secondary N) is 1. The molecule has 0 aromatic carbocycles. The summed E-state index contributed by atoms with van der Waals surface area (Å²) in [5, 5.41) is 7.51. The summed E-state index contributed by atoms with van der Waals surface area (Å²) in [5.41, 5.74) is 1.15. The van der Waals surface area contributed by atoms with Crippen molar-refractivity contribution in [3.8, 4) is 0 Å². The van der Waals surface area contributed by atoms with E-state index < -0.39 is 0 Å². The van der Waals surface area contributed by atoms with Crippen molar-refractivity contribution in [3.63, 3.8) is 0 Å². The molecule has 1 aromatic rings. The molecule has 0 bridgehead atoms. The van der Waals surface area contributed by atoms with Crippen molar-refractivity contribution < 1.29 is 9.53 Å². The number of carbonyl (C=O) groups is 1. The van der Waals surface area contributed by atoms with E-state index in [-0.39, 0.29) is 17.7 Å². The largest absolute Gasteiger partial charge is 0.373 e. The van der Waals surface area contributed by atoms with Crippen molar-refractivity contribution in [2.75, 3.05) is 32.8 Å². The maximum Gasteiger partial charge on any atom is 0.317 e. The number of likely N-dealkylation sites (tertiary alicyclic amines) is 2. The molecule has 1 N–H and O–H groups in total. The van der Waals surface area contributed by atoms with Crippen molar-refractivity contribution >= 4 is 6.03 Å². The highest BCUT2D eigenvalue weighted by molar-refractivity contribution is 5.74. The molecule has 4 heterocycles. The minimum absolute atomic E-state index is 0.0938. The van der Waals surface area contributed by atoms with Crippen LogP contribution in [-0.2, 0) is 18.3 Å². The van der Waals surface area contributed by atoms with Crippen LogP contribution in [0.5, 0.6) is 0 Å². The van der Waals surface area contributed by atoms with Crippen molar-refractivity contribution in [1.82, 2.24) is 24.9 Å². The fourth-order valence-electron chi connectivity index (χ4n) is 4.50. The molecule has 0 aliphatic carbocycles. The lowest BCUT2D eigenvalue weighted by molar-refractivity contribution is -0.0792. The monoisotopic (exact) mass is 347 g/mol. The molecule has 4 rings (SSSR count). The van der Waals surface area contributed by atoms with Crippen LogP contribution in [0.2, 0.25) is 0 Å². The quantitative estimate of drug-likeness (QED) is 0.897. The van der Waals surface area contributed by atoms with Gasteiger partial charge in [0.2, 0.25) is 0 Å². The van der Waals surface area contributed by atoms with Gasteiger partial charge in [0.15, 0.2) is 0 Å². The van der Waals surface area contributed by atoms with Gasteiger partial charge in [-0.1, -0.05) is 0 Å². The van der Waals surface area contributed by atoms with Gasteiger partial charge >= 0.3 is 6.03 Å². The Balaban J connectivity index is 1.32. The van der Waals surface area contributed by atoms with Crippen LogP contribution in [0, 0.1) is 0 Å². The van der Waals surface area contributed by atoms with Gasteiger partial charge in [-0.3, -0.25) is 9.58 Å². The van der Waals surface area contributed by atoms with E-state index in [9.17, 15) is 4.79 Å². The van der Waals surface area contributed by atoms with Gasteiger partial charge in [-0.15, -0.1) is 0 Å². The fraction of sp³-hybridized carbons (Fsp3) is 0.778. The lowest BCUT2D eigenvalue weighted by atomic mass is 9.89. The molecule has 25 heavy (non-hydrogen) atoms. The molecule has 2 amide bonds. The van der Waals surface area contributed by atoms with Crippen LogP contribution in [0.4, 0.5) is 4.79 Å². The van der Waals surface area contributed by atoms with Gasteiger partial charge in [0.1, 0.15) is 0 Å². The summed E-state index contributed by atoms with van der Waals surface area (Å²) in [4.78, 5) is 16.8. The highest BCUT2D eigenvalue weighted by Gasteiger charge is 2.43. The number of hydrogen-bond donors (Lipinski definition) is 1. The van der Waals surface area contributed by atoms with Gasteiger partial charge in [0.25, 0.3) is 0 Å². The topological polar surface area (TPSA) is 62.6 Å². The molecule has 138 valence electrons. The molecule has 7 heteroatoms. The van der Waals surface area contributed by atoms with Gasteiger partial charge in [0, 0.05) is 64.2 Å². The van der Waals surface area contributed by atoms with Crippen molar-refractivity contribution in [2.45, 2.75) is 50.3 Å². The van der Waals surface area contributed by atoms with Crippen LogP contribution in [0.15, 0.2) is 12.4 Å². The van der Waals surface area contributed by atoms with Gasteiger partial charge in [-0.25, -0.2) is 4.79 Å².